The molecule has 0 unspecified atom stereocenters. The molecule has 140 valence electrons. The molecule has 2 rings (SSSR count). The van der Waals surface area contributed by atoms with Crippen molar-refractivity contribution in [2.75, 3.05) is 22.4 Å². The van der Waals surface area contributed by atoms with Crippen LogP contribution in [0.4, 0.5) is 11.4 Å². The quantitative estimate of drug-likeness (QED) is 0.803. The maximum Gasteiger partial charge on any atom is 0.232 e. The molecule has 0 radical (unpaired) electrons. The van der Waals surface area contributed by atoms with Gasteiger partial charge in [-0.3, -0.25) is 9.10 Å². The number of nitrogens with one attached hydrogen (secondary N) is 1. The average Bonchev–Trinajstić information content (AvgIpc) is 2.50. The summed E-state index contributed by atoms with van der Waals surface area (Å²) < 4.78 is 25.9. The van der Waals surface area contributed by atoms with Crippen molar-refractivity contribution >= 4 is 38.9 Å². The fourth-order valence-corrected chi connectivity index (χ4v) is 4.21. The van der Waals surface area contributed by atoms with E-state index in [0.717, 1.165) is 22.9 Å². The monoisotopic (exact) mass is 394 g/mol. The second kappa shape index (κ2) is 8.10. The summed E-state index contributed by atoms with van der Waals surface area (Å²) in [6, 6.07) is 10.8. The third-order valence-corrected chi connectivity index (χ3v) is 5.47. The number of aryl methyl sites for hydroxylation is 3. The van der Waals surface area contributed by atoms with Crippen molar-refractivity contribution in [3.05, 3.63) is 58.1 Å². The molecule has 5 nitrogen and oxygen atoms in total. The van der Waals surface area contributed by atoms with Gasteiger partial charge in [0.15, 0.2) is 0 Å². The van der Waals surface area contributed by atoms with Crippen molar-refractivity contribution in [1.82, 2.24) is 0 Å². The van der Waals surface area contributed by atoms with Gasteiger partial charge in [-0.25, -0.2) is 8.42 Å². The normalized spacial score (nSPS) is 11.3. The number of carbonyl (C=O) groups excluding carboxylic acids is 1. The van der Waals surface area contributed by atoms with Crippen molar-refractivity contribution in [2.24, 2.45) is 0 Å². The van der Waals surface area contributed by atoms with E-state index < -0.39 is 10.0 Å². The maximum absolute atomic E-state index is 12.3. The lowest BCUT2D eigenvalue weighted by Gasteiger charge is -2.26. The van der Waals surface area contributed by atoms with Crippen LogP contribution in [0.5, 0.6) is 0 Å². The number of benzene rings is 2. The Morgan fingerprint density at radius 1 is 1.12 bits per heavy atom. The largest absolute Gasteiger partial charge is 0.325 e. The molecule has 0 aromatic heterocycles. The number of anilines is 2. The van der Waals surface area contributed by atoms with Crippen LogP contribution in [-0.4, -0.2) is 27.1 Å². The molecule has 1 amide bonds. The minimum Gasteiger partial charge on any atom is -0.325 e. The molecule has 0 fully saturated rings. The Hall–Kier alpha value is -2.05. The van der Waals surface area contributed by atoms with Crippen LogP contribution in [0.2, 0.25) is 5.02 Å². The summed E-state index contributed by atoms with van der Waals surface area (Å²) >= 11 is 6.03. The zero-order chi connectivity index (χ0) is 19.5. The van der Waals surface area contributed by atoms with Crippen molar-refractivity contribution in [1.29, 1.82) is 0 Å². The van der Waals surface area contributed by atoms with Crippen LogP contribution >= 0.6 is 11.6 Å². The molecule has 0 saturated carbocycles. The number of hydrogen-bond acceptors (Lipinski definition) is 3. The first-order chi connectivity index (χ1) is 12.1. The van der Waals surface area contributed by atoms with E-state index >= 15 is 0 Å². The highest BCUT2D eigenvalue weighted by Gasteiger charge is 2.22. The Morgan fingerprint density at radius 2 is 1.69 bits per heavy atom. The maximum atomic E-state index is 12.3. The molecular weight excluding hydrogens is 372 g/mol. The number of rotatable bonds is 6. The molecule has 0 heterocycles. The Kier molecular flexibility index (Phi) is 6.31. The molecule has 0 aliphatic rings. The van der Waals surface area contributed by atoms with Crippen molar-refractivity contribution in [2.45, 2.75) is 27.2 Å². The molecule has 0 bridgehead atoms. The Labute approximate surface area is 160 Å². The van der Waals surface area contributed by atoms with Crippen LogP contribution in [0, 0.1) is 20.8 Å². The van der Waals surface area contributed by atoms with Crippen LogP contribution in [0.15, 0.2) is 36.4 Å². The lowest BCUT2D eigenvalue weighted by molar-refractivity contribution is -0.116. The van der Waals surface area contributed by atoms with Gasteiger partial charge < -0.3 is 5.32 Å². The minimum absolute atomic E-state index is 0.0189. The SMILES string of the molecule is Cc1cc(C)c(N(CCC(=O)Nc2ccccc2Cl)S(C)(=O)=O)c(C)c1. The summed E-state index contributed by atoms with van der Waals surface area (Å²) in [6.07, 6.45) is 1.17. The number of nitrogens with zero attached hydrogens (tertiary/aromatic N) is 1. The zero-order valence-corrected chi connectivity index (χ0v) is 16.9. The predicted molar refractivity (Wildman–Crippen MR) is 108 cm³/mol. The van der Waals surface area contributed by atoms with Crippen LogP contribution in [-0.2, 0) is 14.8 Å². The minimum atomic E-state index is -3.53. The van der Waals surface area contributed by atoms with E-state index in [4.69, 9.17) is 11.6 Å². The summed E-state index contributed by atoms with van der Waals surface area (Å²) in [5.74, 6) is -0.297. The van der Waals surface area contributed by atoms with Crippen molar-refractivity contribution in [3.8, 4) is 0 Å². The summed E-state index contributed by atoms with van der Waals surface area (Å²) in [6.45, 7) is 5.76. The number of hydrogen-bond donors (Lipinski definition) is 1. The first-order valence-corrected chi connectivity index (χ1v) is 10.4. The first-order valence-electron chi connectivity index (χ1n) is 8.19. The zero-order valence-electron chi connectivity index (χ0n) is 15.3. The van der Waals surface area contributed by atoms with Gasteiger partial charge in [0.2, 0.25) is 15.9 Å². The lowest BCUT2D eigenvalue weighted by atomic mass is 10.1. The summed E-state index contributed by atoms with van der Waals surface area (Å²) in [4.78, 5) is 12.3. The average molecular weight is 395 g/mol. The summed E-state index contributed by atoms with van der Waals surface area (Å²) in [5, 5.41) is 3.15. The third-order valence-electron chi connectivity index (χ3n) is 3.98. The van der Waals surface area contributed by atoms with Gasteiger partial charge in [0.1, 0.15) is 0 Å². The summed E-state index contributed by atoms with van der Waals surface area (Å²) in [7, 11) is -3.53. The molecular formula is C19H23ClN2O3S. The van der Waals surface area contributed by atoms with Crippen LogP contribution in [0.1, 0.15) is 23.1 Å². The second-order valence-corrected chi connectivity index (χ2v) is 8.67. The van der Waals surface area contributed by atoms with E-state index in [2.05, 4.69) is 5.32 Å². The molecule has 0 aliphatic carbocycles. The number of carbonyl (C=O) groups is 1. The molecule has 26 heavy (non-hydrogen) atoms. The fourth-order valence-electron chi connectivity index (χ4n) is 2.99. The summed E-state index contributed by atoms with van der Waals surface area (Å²) in [5.41, 5.74) is 3.92. The van der Waals surface area contributed by atoms with Gasteiger partial charge in [0.25, 0.3) is 0 Å². The second-order valence-electron chi connectivity index (χ2n) is 6.36. The van der Waals surface area contributed by atoms with Gasteiger partial charge in [-0.1, -0.05) is 41.4 Å². The first kappa shape index (κ1) is 20.3. The molecule has 2 aromatic carbocycles. The van der Waals surface area contributed by atoms with E-state index in [1.54, 1.807) is 24.3 Å². The van der Waals surface area contributed by atoms with Gasteiger partial charge in [0.05, 0.1) is 22.7 Å². The van der Waals surface area contributed by atoms with Gasteiger partial charge >= 0.3 is 0 Å². The standard InChI is InChI=1S/C19H23ClN2O3S/c1-13-11-14(2)19(15(3)12-13)22(26(4,24)25)10-9-18(23)21-17-8-6-5-7-16(17)20/h5-8,11-12H,9-10H2,1-4H3,(H,21,23). The van der Waals surface area contributed by atoms with Gasteiger partial charge in [-0.15, -0.1) is 0 Å². The lowest BCUT2D eigenvalue weighted by Crippen LogP contribution is -2.34. The molecule has 2 aromatic rings. The van der Waals surface area contributed by atoms with E-state index in [-0.39, 0.29) is 18.9 Å². The smallest absolute Gasteiger partial charge is 0.232 e. The molecule has 0 spiro atoms. The van der Waals surface area contributed by atoms with E-state index in [0.29, 0.717) is 16.4 Å². The molecule has 0 saturated heterocycles. The Bertz CT molecular complexity index is 903. The highest BCUT2D eigenvalue weighted by atomic mass is 35.5. The van der Waals surface area contributed by atoms with Crippen LogP contribution in [0.3, 0.4) is 0 Å². The highest BCUT2D eigenvalue weighted by molar-refractivity contribution is 7.92. The van der Waals surface area contributed by atoms with Gasteiger partial charge in [0, 0.05) is 13.0 Å². The Morgan fingerprint density at radius 3 is 2.23 bits per heavy atom. The highest BCUT2D eigenvalue weighted by Crippen LogP contribution is 2.28. The van der Waals surface area contributed by atoms with Gasteiger partial charge in [-0.2, -0.15) is 0 Å². The third kappa shape index (κ3) is 4.99. The van der Waals surface area contributed by atoms with Crippen LogP contribution < -0.4 is 9.62 Å². The van der Waals surface area contributed by atoms with Crippen molar-refractivity contribution < 1.29 is 13.2 Å². The predicted octanol–water partition coefficient (Wildman–Crippen LogP) is 4.06. The molecule has 0 aliphatic heterocycles. The van der Waals surface area contributed by atoms with E-state index in [9.17, 15) is 13.2 Å². The number of amides is 1. The number of sulfonamides is 1. The van der Waals surface area contributed by atoms with Crippen LogP contribution in [0.25, 0.3) is 0 Å². The molecule has 1 N–H and O–H groups in total. The fraction of sp³-hybridized carbons (Fsp3) is 0.316. The number of para-hydroxylation sites is 1. The molecule has 0 atom stereocenters. The Balaban J connectivity index is 2.20. The molecule has 7 heteroatoms. The van der Waals surface area contributed by atoms with Crippen molar-refractivity contribution in [3.63, 3.8) is 0 Å². The van der Waals surface area contributed by atoms with E-state index in [1.165, 1.54) is 4.31 Å². The topological polar surface area (TPSA) is 66.5 Å². The van der Waals surface area contributed by atoms with Gasteiger partial charge in [-0.05, 0) is 44.0 Å². The van der Waals surface area contributed by atoms with E-state index in [1.807, 2.05) is 32.9 Å². The number of halogens is 1.